The van der Waals surface area contributed by atoms with Crippen molar-refractivity contribution in [1.82, 2.24) is 0 Å². The third kappa shape index (κ3) is 4.11. The van der Waals surface area contributed by atoms with Crippen molar-refractivity contribution in [1.29, 1.82) is 0 Å². The summed E-state index contributed by atoms with van der Waals surface area (Å²) in [5, 5.41) is 9.02. The molecule has 0 aliphatic carbocycles. The molecule has 0 fully saturated rings. The van der Waals surface area contributed by atoms with Gasteiger partial charge in [0.15, 0.2) is 0 Å². The van der Waals surface area contributed by atoms with Crippen molar-refractivity contribution in [3.63, 3.8) is 0 Å². The van der Waals surface area contributed by atoms with Gasteiger partial charge in [-0.25, -0.2) is 4.79 Å². The summed E-state index contributed by atoms with van der Waals surface area (Å²) in [5.74, 6) is -0.00570. The van der Waals surface area contributed by atoms with Gasteiger partial charge in [-0.2, -0.15) is 0 Å². The Balaban J connectivity index is 1.89. The van der Waals surface area contributed by atoms with Crippen LogP contribution in [0.25, 0.3) is 5.57 Å². The van der Waals surface area contributed by atoms with Crippen LogP contribution in [0.2, 0.25) is 0 Å². The normalized spacial score (nSPS) is 14.4. The maximum absolute atomic E-state index is 11.0. The summed E-state index contributed by atoms with van der Waals surface area (Å²) < 4.78 is 5.53. The van der Waals surface area contributed by atoms with E-state index < -0.39 is 5.97 Å². The van der Waals surface area contributed by atoms with Gasteiger partial charge in [0.1, 0.15) is 5.75 Å². The van der Waals surface area contributed by atoms with Crippen molar-refractivity contribution in [3.05, 3.63) is 70.9 Å². The fourth-order valence-electron chi connectivity index (χ4n) is 3.27. The summed E-state index contributed by atoms with van der Waals surface area (Å²) in [6.45, 7) is 6.54. The van der Waals surface area contributed by atoms with Gasteiger partial charge in [-0.3, -0.25) is 4.99 Å². The number of carboxylic acids is 1. The second-order valence-electron chi connectivity index (χ2n) is 7.78. The molecule has 0 amide bonds. The molecule has 27 heavy (non-hydrogen) atoms. The van der Waals surface area contributed by atoms with Crippen LogP contribution in [-0.2, 0) is 5.41 Å². The minimum atomic E-state index is -0.913. The van der Waals surface area contributed by atoms with E-state index in [4.69, 9.17) is 9.84 Å². The molecule has 0 atom stereocenters. The number of aromatic carboxylic acids is 1. The van der Waals surface area contributed by atoms with E-state index in [0.29, 0.717) is 5.56 Å². The molecular formula is C23H25NO3. The molecule has 140 valence electrons. The molecule has 4 nitrogen and oxygen atoms in total. The summed E-state index contributed by atoms with van der Waals surface area (Å²) >= 11 is 0. The Morgan fingerprint density at radius 2 is 1.70 bits per heavy atom. The van der Waals surface area contributed by atoms with E-state index >= 15 is 0 Å². The Hall–Kier alpha value is -2.88. The first kappa shape index (κ1) is 18.9. The summed E-state index contributed by atoms with van der Waals surface area (Å²) in [4.78, 5) is 15.6. The smallest absolute Gasteiger partial charge is 0.335 e. The van der Waals surface area contributed by atoms with Crippen molar-refractivity contribution >= 4 is 17.3 Å². The van der Waals surface area contributed by atoms with E-state index in [2.05, 4.69) is 37.9 Å². The molecule has 1 aliphatic heterocycles. The number of methoxy groups -OCH3 is 1. The predicted octanol–water partition coefficient (Wildman–Crippen LogP) is 5.31. The molecular weight excluding hydrogens is 338 g/mol. The molecule has 0 aromatic heterocycles. The van der Waals surface area contributed by atoms with Crippen LogP contribution in [0.5, 0.6) is 5.75 Å². The highest BCUT2D eigenvalue weighted by Gasteiger charge is 2.21. The Bertz CT molecular complexity index is 916. The molecule has 0 radical (unpaired) electrons. The molecule has 3 rings (SSSR count). The molecule has 4 heteroatoms. The molecule has 1 N–H and O–H groups in total. The highest BCUT2D eigenvalue weighted by atomic mass is 16.5. The lowest BCUT2D eigenvalue weighted by molar-refractivity contribution is 0.0697. The van der Waals surface area contributed by atoms with Crippen LogP contribution in [0, 0.1) is 0 Å². The summed E-state index contributed by atoms with van der Waals surface area (Å²) in [7, 11) is 1.70. The molecule has 1 heterocycles. The van der Waals surface area contributed by atoms with Crippen LogP contribution in [0.15, 0.2) is 53.7 Å². The quantitative estimate of drug-likeness (QED) is 0.800. The average molecular weight is 363 g/mol. The number of rotatable bonds is 4. The number of carboxylic acid groups (broad SMARTS) is 1. The summed E-state index contributed by atoms with van der Waals surface area (Å²) in [6, 6.07) is 13.2. The van der Waals surface area contributed by atoms with Gasteiger partial charge in [-0.1, -0.05) is 39.0 Å². The number of allylic oxidation sites excluding steroid dienone is 1. The van der Waals surface area contributed by atoms with Crippen LogP contribution in [-0.4, -0.2) is 23.9 Å². The minimum Gasteiger partial charge on any atom is -0.496 e. The number of ether oxygens (including phenoxy) is 1. The van der Waals surface area contributed by atoms with Crippen LogP contribution in [0.1, 0.15) is 60.7 Å². The first-order chi connectivity index (χ1) is 12.8. The van der Waals surface area contributed by atoms with Crippen LogP contribution in [0.4, 0.5) is 0 Å². The van der Waals surface area contributed by atoms with Gasteiger partial charge in [-0.15, -0.1) is 0 Å². The molecule has 0 saturated carbocycles. The number of hydrogen-bond donors (Lipinski definition) is 1. The zero-order valence-electron chi connectivity index (χ0n) is 16.2. The SMILES string of the molecule is COc1ccc(C2=CN=C(c3ccc(C(=O)O)cc3)CC2)cc1C(C)(C)C. The number of benzene rings is 2. The van der Waals surface area contributed by atoms with Gasteiger partial charge >= 0.3 is 5.97 Å². The highest BCUT2D eigenvalue weighted by Crippen LogP contribution is 2.35. The number of aliphatic imine (C=N–C) groups is 1. The van der Waals surface area contributed by atoms with Crippen molar-refractivity contribution in [2.75, 3.05) is 7.11 Å². The molecule has 0 saturated heterocycles. The lowest BCUT2D eigenvalue weighted by atomic mass is 9.84. The zero-order valence-corrected chi connectivity index (χ0v) is 16.2. The number of carbonyl (C=O) groups is 1. The van der Waals surface area contributed by atoms with Gasteiger partial charge in [-0.05, 0) is 59.2 Å². The van der Waals surface area contributed by atoms with E-state index in [9.17, 15) is 4.79 Å². The summed E-state index contributed by atoms with van der Waals surface area (Å²) in [6.07, 6.45) is 3.66. The Labute approximate surface area is 160 Å². The van der Waals surface area contributed by atoms with E-state index in [1.807, 2.05) is 24.4 Å². The average Bonchev–Trinajstić information content (AvgIpc) is 2.67. The largest absolute Gasteiger partial charge is 0.496 e. The van der Waals surface area contributed by atoms with E-state index in [-0.39, 0.29) is 5.41 Å². The van der Waals surface area contributed by atoms with Crippen molar-refractivity contribution in [2.45, 2.75) is 39.0 Å². The van der Waals surface area contributed by atoms with E-state index in [1.165, 1.54) is 16.7 Å². The molecule has 0 spiro atoms. The lowest BCUT2D eigenvalue weighted by Gasteiger charge is -2.24. The standard InChI is InChI=1S/C23H25NO3/c1-23(2,3)19-13-17(10-12-21(19)27-4)18-9-11-20(24-14-18)15-5-7-16(8-6-15)22(25)26/h5-8,10,12-14H,9,11H2,1-4H3,(H,25,26). The third-order valence-corrected chi connectivity index (χ3v) is 4.85. The Kier molecular flexibility index (Phi) is 5.17. The van der Waals surface area contributed by atoms with Crippen molar-refractivity contribution in [3.8, 4) is 5.75 Å². The monoisotopic (exact) mass is 363 g/mol. The lowest BCUT2D eigenvalue weighted by Crippen LogP contribution is -2.13. The topological polar surface area (TPSA) is 58.9 Å². The Morgan fingerprint density at radius 3 is 2.22 bits per heavy atom. The molecule has 0 unspecified atom stereocenters. The van der Waals surface area contributed by atoms with Crippen LogP contribution >= 0.6 is 0 Å². The molecule has 2 aromatic carbocycles. The maximum atomic E-state index is 11.0. The molecule has 0 bridgehead atoms. The highest BCUT2D eigenvalue weighted by molar-refractivity contribution is 6.03. The van der Waals surface area contributed by atoms with Gasteiger partial charge in [0.05, 0.1) is 12.7 Å². The van der Waals surface area contributed by atoms with Crippen LogP contribution in [0.3, 0.4) is 0 Å². The van der Waals surface area contributed by atoms with Crippen molar-refractivity contribution < 1.29 is 14.6 Å². The van der Waals surface area contributed by atoms with Gasteiger partial charge in [0, 0.05) is 17.5 Å². The first-order valence-electron chi connectivity index (χ1n) is 9.08. The molecule has 1 aliphatic rings. The third-order valence-electron chi connectivity index (χ3n) is 4.85. The number of hydrogen-bond acceptors (Lipinski definition) is 3. The second kappa shape index (κ2) is 7.39. The first-order valence-corrected chi connectivity index (χ1v) is 9.08. The minimum absolute atomic E-state index is 0.00308. The van der Waals surface area contributed by atoms with Gasteiger partial charge in [0.25, 0.3) is 0 Å². The Morgan fingerprint density at radius 1 is 1.04 bits per heavy atom. The number of nitrogens with zero attached hydrogens (tertiary/aromatic N) is 1. The van der Waals surface area contributed by atoms with E-state index in [0.717, 1.165) is 29.9 Å². The summed E-state index contributed by atoms with van der Waals surface area (Å²) in [5.41, 5.74) is 5.80. The second-order valence-corrected chi connectivity index (χ2v) is 7.78. The zero-order chi connectivity index (χ0) is 19.6. The van der Waals surface area contributed by atoms with E-state index in [1.54, 1.807) is 19.2 Å². The molecule has 2 aromatic rings. The van der Waals surface area contributed by atoms with Gasteiger partial charge < -0.3 is 9.84 Å². The predicted molar refractivity (Wildman–Crippen MR) is 109 cm³/mol. The van der Waals surface area contributed by atoms with Gasteiger partial charge in [0.2, 0.25) is 0 Å². The maximum Gasteiger partial charge on any atom is 0.335 e. The fourth-order valence-corrected chi connectivity index (χ4v) is 3.27. The van der Waals surface area contributed by atoms with Crippen LogP contribution < -0.4 is 4.74 Å². The fraction of sp³-hybridized carbons (Fsp3) is 0.304. The van der Waals surface area contributed by atoms with Crippen molar-refractivity contribution in [2.24, 2.45) is 4.99 Å².